The third kappa shape index (κ3) is 2.13. The molecule has 1 atom stereocenters. The predicted octanol–water partition coefficient (Wildman–Crippen LogP) is 1.99. The number of rotatable bonds is 3. The third-order valence-electron chi connectivity index (χ3n) is 4.20. The number of likely N-dealkylation sites (tertiary alicyclic amines) is 1. The molecule has 0 bridgehead atoms. The number of carbonyl (C=O) groups excluding carboxylic acids is 1. The Balaban J connectivity index is 1.78. The lowest BCUT2D eigenvalue weighted by molar-refractivity contribution is -0.147. The van der Waals surface area contributed by atoms with Crippen molar-refractivity contribution in [1.29, 1.82) is 0 Å². The molecule has 0 radical (unpaired) electrons. The number of halogens is 1. The SMILES string of the molecule is CC1(C(=O)O)CCN(C(=O)c2n[nH]c(C3CC3)c2Br)C1. The van der Waals surface area contributed by atoms with Crippen LogP contribution in [0.2, 0.25) is 0 Å². The zero-order valence-corrected chi connectivity index (χ0v) is 12.7. The lowest BCUT2D eigenvalue weighted by Gasteiger charge is -2.19. The molecule has 3 rings (SSSR count). The van der Waals surface area contributed by atoms with Gasteiger partial charge in [-0.25, -0.2) is 0 Å². The van der Waals surface area contributed by atoms with Gasteiger partial charge in [-0.3, -0.25) is 14.7 Å². The Morgan fingerprint density at radius 2 is 2.20 bits per heavy atom. The Bertz CT molecular complexity index is 581. The van der Waals surface area contributed by atoms with Crippen molar-refractivity contribution in [2.24, 2.45) is 5.41 Å². The highest BCUT2D eigenvalue weighted by atomic mass is 79.9. The first-order chi connectivity index (χ1) is 9.42. The first-order valence-corrected chi connectivity index (χ1v) is 7.48. The van der Waals surface area contributed by atoms with Crippen LogP contribution in [0.1, 0.15) is 48.3 Å². The quantitative estimate of drug-likeness (QED) is 0.880. The first-order valence-electron chi connectivity index (χ1n) is 6.69. The maximum Gasteiger partial charge on any atom is 0.311 e. The summed E-state index contributed by atoms with van der Waals surface area (Å²) >= 11 is 3.44. The highest BCUT2D eigenvalue weighted by molar-refractivity contribution is 9.10. The van der Waals surface area contributed by atoms with Crippen LogP contribution in [0.4, 0.5) is 0 Å². The van der Waals surface area contributed by atoms with Crippen LogP contribution in [-0.2, 0) is 4.79 Å². The lowest BCUT2D eigenvalue weighted by atomic mass is 9.90. The maximum absolute atomic E-state index is 12.5. The normalized spacial score (nSPS) is 26.0. The van der Waals surface area contributed by atoms with E-state index in [1.807, 2.05) is 0 Å². The second-order valence-corrected chi connectivity index (χ2v) is 6.71. The number of nitrogens with one attached hydrogen (secondary N) is 1. The summed E-state index contributed by atoms with van der Waals surface area (Å²) in [5.74, 6) is -0.584. The summed E-state index contributed by atoms with van der Waals surface area (Å²) in [6.07, 6.45) is 2.72. The van der Waals surface area contributed by atoms with Crippen molar-refractivity contribution in [3.8, 4) is 0 Å². The number of carboxylic acid groups (broad SMARTS) is 1. The first kappa shape index (κ1) is 13.6. The Kier molecular flexibility index (Phi) is 3.12. The summed E-state index contributed by atoms with van der Waals surface area (Å²) in [7, 11) is 0. The fourth-order valence-electron chi connectivity index (χ4n) is 2.58. The molecule has 1 aromatic heterocycles. The molecule has 2 heterocycles. The molecule has 1 unspecified atom stereocenters. The number of H-pyrrole nitrogens is 1. The van der Waals surface area contributed by atoms with E-state index in [9.17, 15) is 14.7 Å². The van der Waals surface area contributed by atoms with Crippen molar-refractivity contribution >= 4 is 27.8 Å². The van der Waals surface area contributed by atoms with E-state index in [2.05, 4.69) is 26.1 Å². The monoisotopic (exact) mass is 341 g/mol. The van der Waals surface area contributed by atoms with Gasteiger partial charge in [0.25, 0.3) is 5.91 Å². The number of hydrogen-bond acceptors (Lipinski definition) is 3. The molecular formula is C13H16BrN3O3. The van der Waals surface area contributed by atoms with Crippen molar-refractivity contribution < 1.29 is 14.7 Å². The summed E-state index contributed by atoms with van der Waals surface area (Å²) in [6, 6.07) is 0. The Morgan fingerprint density at radius 1 is 1.50 bits per heavy atom. The van der Waals surface area contributed by atoms with Crippen molar-refractivity contribution in [1.82, 2.24) is 15.1 Å². The second kappa shape index (κ2) is 4.58. The Morgan fingerprint density at radius 3 is 2.75 bits per heavy atom. The number of carboxylic acids is 1. The number of carbonyl (C=O) groups is 2. The van der Waals surface area contributed by atoms with Crippen LogP contribution in [0.5, 0.6) is 0 Å². The van der Waals surface area contributed by atoms with E-state index in [1.54, 1.807) is 11.8 Å². The van der Waals surface area contributed by atoms with Gasteiger partial charge in [-0.1, -0.05) is 0 Å². The molecule has 1 saturated heterocycles. The molecule has 2 aliphatic rings. The van der Waals surface area contributed by atoms with Crippen LogP contribution in [-0.4, -0.2) is 45.2 Å². The molecule has 1 saturated carbocycles. The molecule has 20 heavy (non-hydrogen) atoms. The van der Waals surface area contributed by atoms with Crippen molar-refractivity contribution in [2.45, 2.75) is 32.1 Å². The summed E-state index contributed by atoms with van der Waals surface area (Å²) < 4.78 is 0.730. The van der Waals surface area contributed by atoms with E-state index >= 15 is 0 Å². The zero-order chi connectivity index (χ0) is 14.5. The van der Waals surface area contributed by atoms with Crippen LogP contribution < -0.4 is 0 Å². The number of hydrogen-bond donors (Lipinski definition) is 2. The van der Waals surface area contributed by atoms with Crippen LogP contribution in [0.3, 0.4) is 0 Å². The summed E-state index contributed by atoms with van der Waals surface area (Å²) in [6.45, 7) is 2.37. The van der Waals surface area contributed by atoms with E-state index < -0.39 is 11.4 Å². The highest BCUT2D eigenvalue weighted by Crippen LogP contribution is 2.43. The van der Waals surface area contributed by atoms with E-state index in [1.165, 1.54) is 0 Å². The summed E-state index contributed by atoms with van der Waals surface area (Å²) in [4.78, 5) is 25.3. The van der Waals surface area contributed by atoms with Crippen LogP contribution in [0.15, 0.2) is 4.47 Å². The predicted molar refractivity (Wildman–Crippen MR) is 74.5 cm³/mol. The summed E-state index contributed by atoms with van der Waals surface area (Å²) in [5.41, 5.74) is 0.493. The zero-order valence-electron chi connectivity index (χ0n) is 11.1. The minimum atomic E-state index is -0.854. The molecule has 7 heteroatoms. The van der Waals surface area contributed by atoms with Crippen molar-refractivity contribution in [3.05, 3.63) is 15.9 Å². The van der Waals surface area contributed by atoms with Gasteiger partial charge in [0.1, 0.15) is 0 Å². The van der Waals surface area contributed by atoms with Gasteiger partial charge in [-0.05, 0) is 42.1 Å². The molecule has 1 amide bonds. The van der Waals surface area contributed by atoms with Crippen LogP contribution in [0.25, 0.3) is 0 Å². The molecule has 1 aliphatic carbocycles. The second-order valence-electron chi connectivity index (χ2n) is 5.92. The van der Waals surface area contributed by atoms with Crippen molar-refractivity contribution in [2.75, 3.05) is 13.1 Å². The standard InChI is InChI=1S/C13H16BrN3O3/c1-13(12(19)20)4-5-17(6-13)11(18)10-8(14)9(15-16-10)7-2-3-7/h7H,2-6H2,1H3,(H,15,16)(H,19,20). The van der Waals surface area contributed by atoms with E-state index in [4.69, 9.17) is 0 Å². The van der Waals surface area contributed by atoms with Crippen LogP contribution in [0, 0.1) is 5.41 Å². The maximum atomic E-state index is 12.5. The topological polar surface area (TPSA) is 86.3 Å². The molecule has 1 aromatic rings. The number of nitrogens with zero attached hydrogens (tertiary/aromatic N) is 2. The van der Waals surface area contributed by atoms with E-state index in [0.717, 1.165) is 23.0 Å². The van der Waals surface area contributed by atoms with Gasteiger partial charge in [0.15, 0.2) is 5.69 Å². The largest absolute Gasteiger partial charge is 0.481 e. The van der Waals surface area contributed by atoms with E-state index in [-0.39, 0.29) is 12.5 Å². The van der Waals surface area contributed by atoms with Gasteiger partial charge in [-0.2, -0.15) is 5.10 Å². The minimum absolute atomic E-state index is 0.204. The Hall–Kier alpha value is -1.37. The average Bonchev–Trinajstić information content (AvgIpc) is 3.05. The molecule has 0 aromatic carbocycles. The molecule has 108 valence electrons. The molecule has 1 aliphatic heterocycles. The third-order valence-corrected chi connectivity index (χ3v) is 5.00. The average molecular weight is 342 g/mol. The Labute approximate surface area is 124 Å². The van der Waals surface area contributed by atoms with E-state index in [0.29, 0.717) is 24.6 Å². The number of amides is 1. The molecule has 6 nitrogen and oxygen atoms in total. The molecular weight excluding hydrogens is 326 g/mol. The fraction of sp³-hybridized carbons (Fsp3) is 0.615. The molecule has 0 spiro atoms. The summed E-state index contributed by atoms with van der Waals surface area (Å²) in [5, 5.41) is 16.2. The van der Waals surface area contributed by atoms with Crippen molar-refractivity contribution in [3.63, 3.8) is 0 Å². The minimum Gasteiger partial charge on any atom is -0.481 e. The van der Waals surface area contributed by atoms with Gasteiger partial charge in [0, 0.05) is 19.0 Å². The molecule has 2 fully saturated rings. The smallest absolute Gasteiger partial charge is 0.311 e. The van der Waals surface area contributed by atoms with Gasteiger partial charge in [0.2, 0.25) is 0 Å². The number of aliphatic carboxylic acids is 1. The van der Waals surface area contributed by atoms with Gasteiger partial charge in [0.05, 0.1) is 15.6 Å². The fourth-order valence-corrected chi connectivity index (χ4v) is 3.26. The lowest BCUT2D eigenvalue weighted by Crippen LogP contribution is -2.35. The van der Waals surface area contributed by atoms with Gasteiger partial charge in [-0.15, -0.1) is 0 Å². The van der Waals surface area contributed by atoms with Gasteiger partial charge < -0.3 is 10.0 Å². The van der Waals surface area contributed by atoms with Gasteiger partial charge >= 0.3 is 5.97 Å². The number of aromatic amines is 1. The number of aromatic nitrogens is 2. The highest BCUT2D eigenvalue weighted by Gasteiger charge is 2.43. The van der Waals surface area contributed by atoms with Crippen LogP contribution >= 0.6 is 15.9 Å². The molecule has 2 N–H and O–H groups in total.